The summed E-state index contributed by atoms with van der Waals surface area (Å²) in [7, 11) is 1.56. The first-order valence-electron chi connectivity index (χ1n) is 10.2. The van der Waals surface area contributed by atoms with Gasteiger partial charge in [-0.2, -0.15) is 5.26 Å². The summed E-state index contributed by atoms with van der Waals surface area (Å²) < 4.78 is 10.2. The molecule has 1 amide bonds. The molecule has 1 aromatic rings. The van der Waals surface area contributed by atoms with E-state index in [-0.39, 0.29) is 18.3 Å². The van der Waals surface area contributed by atoms with E-state index in [0.717, 1.165) is 18.4 Å². The third-order valence-corrected chi connectivity index (χ3v) is 4.66. The molecule has 0 heterocycles. The largest absolute Gasteiger partial charge is 0.468 e. The number of hydrogen-bond donors (Lipinski definition) is 1. The minimum absolute atomic E-state index is 0.158. The predicted octanol–water partition coefficient (Wildman–Crippen LogP) is 5.22. The van der Waals surface area contributed by atoms with Crippen molar-refractivity contribution in [3.8, 4) is 11.8 Å². The maximum Gasteiger partial charge on any atom is 0.262 e. The van der Waals surface area contributed by atoms with Gasteiger partial charge in [-0.05, 0) is 36.6 Å². The SMILES string of the molecule is CCCCCCCCCCNC(=O)/C(C#N)=C(/C)c1ccc(OCOC)cc1. The number of amides is 1. The predicted molar refractivity (Wildman–Crippen MR) is 113 cm³/mol. The molecule has 0 unspecified atom stereocenters. The van der Waals surface area contributed by atoms with Crippen LogP contribution in [0.5, 0.6) is 5.75 Å². The number of carbonyl (C=O) groups excluding carboxylic acids is 1. The van der Waals surface area contributed by atoms with Gasteiger partial charge >= 0.3 is 0 Å². The van der Waals surface area contributed by atoms with Crippen LogP contribution in [0.3, 0.4) is 0 Å². The van der Waals surface area contributed by atoms with Gasteiger partial charge in [-0.15, -0.1) is 0 Å². The summed E-state index contributed by atoms with van der Waals surface area (Å²) in [5, 5.41) is 12.3. The van der Waals surface area contributed by atoms with Crippen molar-refractivity contribution in [1.82, 2.24) is 5.32 Å². The Labute approximate surface area is 169 Å². The van der Waals surface area contributed by atoms with Crippen LogP contribution in [-0.2, 0) is 9.53 Å². The zero-order valence-electron chi connectivity index (χ0n) is 17.6. The highest BCUT2D eigenvalue weighted by Gasteiger charge is 2.13. The fourth-order valence-electron chi connectivity index (χ4n) is 2.93. The average Bonchev–Trinajstić information content (AvgIpc) is 2.71. The summed E-state index contributed by atoms with van der Waals surface area (Å²) in [6.45, 7) is 4.80. The van der Waals surface area contributed by atoms with E-state index < -0.39 is 0 Å². The van der Waals surface area contributed by atoms with Crippen LogP contribution in [0.2, 0.25) is 0 Å². The first-order valence-corrected chi connectivity index (χ1v) is 10.2. The minimum Gasteiger partial charge on any atom is -0.468 e. The molecule has 0 aliphatic heterocycles. The normalized spacial score (nSPS) is 11.5. The molecular weight excluding hydrogens is 352 g/mol. The number of rotatable bonds is 14. The third-order valence-electron chi connectivity index (χ3n) is 4.66. The van der Waals surface area contributed by atoms with Crippen molar-refractivity contribution in [3.63, 3.8) is 0 Å². The fourth-order valence-corrected chi connectivity index (χ4v) is 2.93. The summed E-state index contributed by atoms with van der Waals surface area (Å²) in [5.74, 6) is 0.374. The Morgan fingerprint density at radius 2 is 1.64 bits per heavy atom. The van der Waals surface area contributed by atoms with E-state index in [1.807, 2.05) is 18.2 Å². The highest BCUT2D eigenvalue weighted by Crippen LogP contribution is 2.21. The summed E-state index contributed by atoms with van der Waals surface area (Å²) in [6.07, 6.45) is 9.74. The molecule has 0 aromatic heterocycles. The van der Waals surface area contributed by atoms with Crippen molar-refractivity contribution in [2.24, 2.45) is 0 Å². The van der Waals surface area contributed by atoms with Gasteiger partial charge in [0.05, 0.1) is 0 Å². The third kappa shape index (κ3) is 9.05. The lowest BCUT2D eigenvalue weighted by Crippen LogP contribution is -2.26. The number of nitriles is 1. The van der Waals surface area contributed by atoms with Gasteiger partial charge in [0.1, 0.15) is 17.4 Å². The zero-order valence-corrected chi connectivity index (χ0v) is 17.6. The maximum absolute atomic E-state index is 12.4. The average molecular weight is 387 g/mol. The molecular formula is C23H34N2O3. The van der Waals surface area contributed by atoms with Crippen LogP contribution in [0.15, 0.2) is 29.8 Å². The molecule has 0 spiro atoms. The van der Waals surface area contributed by atoms with Crippen molar-refractivity contribution < 1.29 is 14.3 Å². The highest BCUT2D eigenvalue weighted by molar-refractivity contribution is 6.04. The number of nitrogens with one attached hydrogen (secondary N) is 1. The summed E-state index contributed by atoms with van der Waals surface area (Å²) in [4.78, 5) is 12.4. The lowest BCUT2D eigenvalue weighted by Gasteiger charge is -2.09. The lowest BCUT2D eigenvalue weighted by molar-refractivity contribution is -0.117. The van der Waals surface area contributed by atoms with E-state index in [1.54, 1.807) is 26.2 Å². The van der Waals surface area contributed by atoms with Crippen LogP contribution < -0.4 is 10.1 Å². The first kappa shape index (κ1) is 23.7. The summed E-state index contributed by atoms with van der Waals surface area (Å²) in [5.41, 5.74) is 1.64. The van der Waals surface area contributed by atoms with Gasteiger partial charge in [-0.25, -0.2) is 0 Å². The molecule has 1 N–H and O–H groups in total. The lowest BCUT2D eigenvalue weighted by atomic mass is 10.0. The van der Waals surface area contributed by atoms with Crippen LogP contribution in [0.25, 0.3) is 5.57 Å². The Morgan fingerprint density at radius 1 is 1.04 bits per heavy atom. The number of carbonyl (C=O) groups is 1. The number of benzene rings is 1. The fraction of sp³-hybridized carbons (Fsp3) is 0.565. The van der Waals surface area contributed by atoms with E-state index in [9.17, 15) is 10.1 Å². The van der Waals surface area contributed by atoms with E-state index in [2.05, 4.69) is 12.2 Å². The number of hydrogen-bond acceptors (Lipinski definition) is 4. The Morgan fingerprint density at radius 3 is 2.21 bits per heavy atom. The van der Waals surface area contributed by atoms with Gasteiger partial charge < -0.3 is 14.8 Å². The molecule has 0 saturated carbocycles. The number of allylic oxidation sites excluding steroid dienone is 1. The van der Waals surface area contributed by atoms with Gasteiger partial charge in [0, 0.05) is 13.7 Å². The van der Waals surface area contributed by atoms with Crippen molar-refractivity contribution in [2.75, 3.05) is 20.4 Å². The highest BCUT2D eigenvalue weighted by atomic mass is 16.7. The van der Waals surface area contributed by atoms with Crippen molar-refractivity contribution >= 4 is 11.5 Å². The van der Waals surface area contributed by atoms with Crippen molar-refractivity contribution in [1.29, 1.82) is 5.26 Å². The summed E-state index contributed by atoms with van der Waals surface area (Å²) in [6, 6.07) is 9.31. The molecule has 5 nitrogen and oxygen atoms in total. The molecule has 0 aliphatic rings. The Bertz CT molecular complexity index is 645. The molecule has 1 aromatic carbocycles. The Kier molecular flexibility index (Phi) is 12.5. The van der Waals surface area contributed by atoms with Crippen molar-refractivity contribution in [2.45, 2.75) is 65.2 Å². The molecule has 0 atom stereocenters. The molecule has 0 bridgehead atoms. The van der Waals surface area contributed by atoms with Crippen LogP contribution in [0.4, 0.5) is 0 Å². The zero-order chi connectivity index (χ0) is 20.6. The molecule has 154 valence electrons. The number of nitrogens with zero attached hydrogens (tertiary/aromatic N) is 1. The number of methoxy groups -OCH3 is 1. The van der Waals surface area contributed by atoms with Crippen LogP contribution in [0.1, 0.15) is 70.8 Å². The maximum atomic E-state index is 12.4. The second kappa shape index (κ2) is 14.7. The van der Waals surface area contributed by atoms with Crippen LogP contribution in [0, 0.1) is 11.3 Å². The number of unbranched alkanes of at least 4 members (excludes halogenated alkanes) is 7. The monoisotopic (exact) mass is 386 g/mol. The van der Waals surface area contributed by atoms with E-state index >= 15 is 0 Å². The van der Waals surface area contributed by atoms with Crippen molar-refractivity contribution in [3.05, 3.63) is 35.4 Å². The van der Waals surface area contributed by atoms with Crippen LogP contribution in [-0.4, -0.2) is 26.4 Å². The van der Waals surface area contributed by atoms with Gasteiger partial charge in [0.15, 0.2) is 6.79 Å². The van der Waals surface area contributed by atoms with Gasteiger partial charge in [-0.3, -0.25) is 4.79 Å². The molecule has 0 fully saturated rings. The van der Waals surface area contributed by atoms with Gasteiger partial charge in [0.2, 0.25) is 0 Å². The minimum atomic E-state index is -0.303. The molecule has 28 heavy (non-hydrogen) atoms. The molecule has 5 heteroatoms. The number of ether oxygens (including phenoxy) is 2. The van der Waals surface area contributed by atoms with Gasteiger partial charge in [0.25, 0.3) is 5.91 Å². The quantitative estimate of drug-likeness (QED) is 0.206. The molecule has 0 saturated heterocycles. The van der Waals surface area contributed by atoms with E-state index in [1.165, 1.54) is 38.5 Å². The first-order chi connectivity index (χ1) is 13.6. The standard InChI is InChI=1S/C23H34N2O3/c1-4-5-6-7-8-9-10-11-16-25-23(26)22(17-24)19(2)20-12-14-21(15-13-20)28-18-27-3/h12-15H,4-11,16,18H2,1-3H3,(H,25,26)/b22-19-. The topological polar surface area (TPSA) is 71.4 Å². The van der Waals surface area contributed by atoms with E-state index in [0.29, 0.717) is 17.9 Å². The summed E-state index contributed by atoms with van der Waals surface area (Å²) >= 11 is 0. The van der Waals surface area contributed by atoms with Gasteiger partial charge in [-0.1, -0.05) is 64.0 Å². The molecule has 0 aliphatic carbocycles. The Balaban J connectivity index is 2.45. The molecule has 1 rings (SSSR count). The Hall–Kier alpha value is -2.32. The van der Waals surface area contributed by atoms with Crippen LogP contribution >= 0.6 is 0 Å². The second-order valence-electron chi connectivity index (χ2n) is 6.92. The second-order valence-corrected chi connectivity index (χ2v) is 6.92. The van der Waals surface area contributed by atoms with E-state index in [4.69, 9.17) is 9.47 Å². The smallest absolute Gasteiger partial charge is 0.262 e. The molecule has 0 radical (unpaired) electrons.